The monoisotopic (exact) mass is 340 g/mol. The molecule has 0 bridgehead atoms. The number of rotatable bonds is 6. The number of alkyl halides is 1. The Hall–Kier alpha value is -0.260. The van der Waals surface area contributed by atoms with Gasteiger partial charge in [0.05, 0.1) is 5.75 Å². The normalized spacial score (nSPS) is 11.5. The van der Waals surface area contributed by atoms with E-state index in [1.807, 2.05) is 6.07 Å². The Bertz CT molecular complexity index is 474. The van der Waals surface area contributed by atoms with Gasteiger partial charge in [0, 0.05) is 16.1 Å². The maximum absolute atomic E-state index is 11.3. The molecular formula is C11H14BrClO3S. The summed E-state index contributed by atoms with van der Waals surface area (Å²) < 4.78 is 28.8. The summed E-state index contributed by atoms with van der Waals surface area (Å²) in [6.07, 6.45) is 0. The van der Waals surface area contributed by atoms with Gasteiger partial charge in [0.2, 0.25) is 0 Å². The molecule has 0 aromatic heterocycles. The van der Waals surface area contributed by atoms with E-state index in [9.17, 15) is 8.42 Å². The third kappa shape index (κ3) is 4.85. The smallest absolute Gasteiger partial charge is 0.153 e. The van der Waals surface area contributed by atoms with Gasteiger partial charge in [-0.05, 0) is 23.8 Å². The van der Waals surface area contributed by atoms with Gasteiger partial charge in [0.1, 0.15) is 12.4 Å². The Balaban J connectivity index is 2.58. The first kappa shape index (κ1) is 14.8. The third-order valence-electron chi connectivity index (χ3n) is 2.26. The topological polar surface area (TPSA) is 43.4 Å². The molecule has 0 spiro atoms. The van der Waals surface area contributed by atoms with Crippen LogP contribution in [0.25, 0.3) is 0 Å². The average molecular weight is 342 g/mol. The SMILES string of the molecule is CCS(=O)(=O)CCOc1ccc(Br)c(CCl)c1. The Morgan fingerprint density at radius 2 is 2.12 bits per heavy atom. The number of hydrogen-bond donors (Lipinski definition) is 0. The van der Waals surface area contributed by atoms with Crippen LogP contribution in [0.3, 0.4) is 0 Å². The molecule has 0 aliphatic heterocycles. The molecule has 6 heteroatoms. The van der Waals surface area contributed by atoms with Crippen LogP contribution < -0.4 is 4.74 Å². The molecule has 0 amide bonds. The van der Waals surface area contributed by atoms with E-state index < -0.39 is 9.84 Å². The number of ether oxygens (including phenoxy) is 1. The quantitative estimate of drug-likeness (QED) is 0.747. The van der Waals surface area contributed by atoms with Crippen LogP contribution in [0.1, 0.15) is 12.5 Å². The van der Waals surface area contributed by atoms with Crippen LogP contribution in [-0.4, -0.2) is 26.5 Å². The lowest BCUT2D eigenvalue weighted by Crippen LogP contribution is -2.15. The van der Waals surface area contributed by atoms with Gasteiger partial charge < -0.3 is 4.74 Å². The molecule has 0 fully saturated rings. The lowest BCUT2D eigenvalue weighted by Gasteiger charge is -2.08. The summed E-state index contributed by atoms with van der Waals surface area (Å²) in [4.78, 5) is 0. The summed E-state index contributed by atoms with van der Waals surface area (Å²) >= 11 is 9.12. The molecule has 0 heterocycles. The van der Waals surface area contributed by atoms with E-state index in [1.54, 1.807) is 19.1 Å². The van der Waals surface area contributed by atoms with Crippen molar-refractivity contribution in [2.45, 2.75) is 12.8 Å². The first-order valence-corrected chi connectivity index (χ1v) is 8.31. The summed E-state index contributed by atoms with van der Waals surface area (Å²) in [5.74, 6) is 1.19. The minimum Gasteiger partial charge on any atom is -0.493 e. The van der Waals surface area contributed by atoms with Gasteiger partial charge in [-0.2, -0.15) is 0 Å². The zero-order valence-electron chi connectivity index (χ0n) is 9.45. The lowest BCUT2D eigenvalue weighted by atomic mass is 10.2. The van der Waals surface area contributed by atoms with Crippen LogP contribution in [0, 0.1) is 0 Å². The second kappa shape index (κ2) is 6.61. The Morgan fingerprint density at radius 1 is 1.41 bits per heavy atom. The van der Waals surface area contributed by atoms with Crippen molar-refractivity contribution in [2.24, 2.45) is 0 Å². The van der Waals surface area contributed by atoms with Crippen molar-refractivity contribution in [1.29, 1.82) is 0 Å². The van der Waals surface area contributed by atoms with Crippen LogP contribution in [0.4, 0.5) is 0 Å². The van der Waals surface area contributed by atoms with Crippen LogP contribution in [0.2, 0.25) is 0 Å². The van der Waals surface area contributed by atoms with Crippen molar-refractivity contribution in [3.8, 4) is 5.75 Å². The largest absolute Gasteiger partial charge is 0.493 e. The van der Waals surface area contributed by atoms with E-state index in [0.29, 0.717) is 11.6 Å². The van der Waals surface area contributed by atoms with Gasteiger partial charge in [-0.3, -0.25) is 0 Å². The molecule has 0 aliphatic rings. The van der Waals surface area contributed by atoms with Gasteiger partial charge in [-0.15, -0.1) is 11.6 Å². The van der Waals surface area contributed by atoms with E-state index >= 15 is 0 Å². The molecule has 1 aromatic rings. The molecule has 0 aliphatic carbocycles. The van der Waals surface area contributed by atoms with Crippen molar-refractivity contribution < 1.29 is 13.2 Å². The molecule has 96 valence electrons. The first-order chi connectivity index (χ1) is 7.98. The van der Waals surface area contributed by atoms with E-state index in [4.69, 9.17) is 16.3 Å². The zero-order valence-corrected chi connectivity index (χ0v) is 12.6. The molecule has 17 heavy (non-hydrogen) atoms. The van der Waals surface area contributed by atoms with Crippen molar-refractivity contribution in [3.63, 3.8) is 0 Å². The predicted octanol–water partition coefficient (Wildman–Crippen LogP) is 3.00. The number of sulfone groups is 1. The van der Waals surface area contributed by atoms with E-state index in [2.05, 4.69) is 15.9 Å². The van der Waals surface area contributed by atoms with E-state index in [1.165, 1.54) is 0 Å². The third-order valence-corrected chi connectivity index (χ3v) is 4.99. The standard InChI is InChI=1S/C11H14BrClO3S/c1-2-17(14,15)6-5-16-10-3-4-11(12)9(7-10)8-13/h3-4,7H,2,5-6,8H2,1H3. The van der Waals surface area contributed by atoms with Crippen LogP contribution in [0.5, 0.6) is 5.75 Å². The minimum absolute atomic E-state index is 0.0375. The van der Waals surface area contributed by atoms with Gasteiger partial charge in [-0.1, -0.05) is 22.9 Å². The van der Waals surface area contributed by atoms with Crippen LogP contribution >= 0.6 is 27.5 Å². The molecule has 0 saturated carbocycles. The van der Waals surface area contributed by atoms with Crippen LogP contribution in [0.15, 0.2) is 22.7 Å². The van der Waals surface area contributed by atoms with Crippen molar-refractivity contribution in [1.82, 2.24) is 0 Å². The Morgan fingerprint density at radius 3 is 2.71 bits per heavy atom. The minimum atomic E-state index is -2.97. The highest BCUT2D eigenvalue weighted by molar-refractivity contribution is 9.10. The maximum atomic E-state index is 11.3. The first-order valence-electron chi connectivity index (χ1n) is 5.16. The molecular weight excluding hydrogens is 328 g/mol. The van der Waals surface area contributed by atoms with Gasteiger partial charge >= 0.3 is 0 Å². The van der Waals surface area contributed by atoms with Crippen molar-refractivity contribution in [2.75, 3.05) is 18.1 Å². The molecule has 3 nitrogen and oxygen atoms in total. The highest BCUT2D eigenvalue weighted by Crippen LogP contribution is 2.23. The molecule has 0 N–H and O–H groups in total. The number of halogens is 2. The highest BCUT2D eigenvalue weighted by atomic mass is 79.9. The summed E-state index contributed by atoms with van der Waals surface area (Å²) in [5.41, 5.74) is 0.919. The highest BCUT2D eigenvalue weighted by Gasteiger charge is 2.08. The van der Waals surface area contributed by atoms with Crippen LogP contribution in [-0.2, 0) is 15.7 Å². The van der Waals surface area contributed by atoms with Crippen molar-refractivity contribution >= 4 is 37.4 Å². The molecule has 0 radical (unpaired) electrons. The molecule has 0 atom stereocenters. The second-order valence-corrected chi connectivity index (χ2v) is 7.07. The average Bonchev–Trinajstić information content (AvgIpc) is 2.31. The Labute approximate surface area is 115 Å². The van der Waals surface area contributed by atoms with Crippen molar-refractivity contribution in [3.05, 3.63) is 28.2 Å². The summed E-state index contributed by atoms with van der Waals surface area (Å²) in [7, 11) is -2.97. The molecule has 1 rings (SSSR count). The van der Waals surface area contributed by atoms with E-state index in [0.717, 1.165) is 10.0 Å². The van der Waals surface area contributed by atoms with E-state index in [-0.39, 0.29) is 18.1 Å². The number of hydrogen-bond acceptors (Lipinski definition) is 3. The molecule has 0 unspecified atom stereocenters. The van der Waals surface area contributed by atoms with Gasteiger partial charge in [0.15, 0.2) is 9.84 Å². The molecule has 0 saturated heterocycles. The fourth-order valence-corrected chi connectivity index (χ4v) is 2.57. The zero-order chi connectivity index (χ0) is 12.9. The molecule has 1 aromatic carbocycles. The van der Waals surface area contributed by atoms with Gasteiger partial charge in [-0.25, -0.2) is 8.42 Å². The predicted molar refractivity (Wildman–Crippen MR) is 73.5 cm³/mol. The summed E-state index contributed by atoms with van der Waals surface area (Å²) in [5, 5.41) is 0. The second-order valence-electron chi connectivity index (χ2n) is 3.47. The summed E-state index contributed by atoms with van der Waals surface area (Å²) in [6, 6.07) is 5.41. The summed E-state index contributed by atoms with van der Waals surface area (Å²) in [6.45, 7) is 1.79. The maximum Gasteiger partial charge on any atom is 0.153 e. The fraction of sp³-hybridized carbons (Fsp3) is 0.455. The van der Waals surface area contributed by atoms with Gasteiger partial charge in [0.25, 0.3) is 0 Å². The lowest BCUT2D eigenvalue weighted by molar-refractivity contribution is 0.340. The fourth-order valence-electron chi connectivity index (χ4n) is 1.17. The Kier molecular flexibility index (Phi) is 5.76. The number of benzene rings is 1.